The summed E-state index contributed by atoms with van der Waals surface area (Å²) in [5.41, 5.74) is 5.71. The second-order valence-electron chi connectivity index (χ2n) is 5.18. The van der Waals surface area contributed by atoms with Crippen LogP contribution in [0.2, 0.25) is 0 Å². The first-order valence-electron chi connectivity index (χ1n) is 6.65. The molecule has 100 valence electrons. The van der Waals surface area contributed by atoms with Gasteiger partial charge in [0.2, 0.25) is 0 Å². The fraction of sp³-hybridized carbons (Fsp3) is 0.923. The molecule has 0 heterocycles. The van der Waals surface area contributed by atoms with Crippen molar-refractivity contribution in [3.05, 3.63) is 0 Å². The Morgan fingerprint density at radius 3 is 2.65 bits per heavy atom. The van der Waals surface area contributed by atoms with E-state index in [1.807, 2.05) is 0 Å². The zero-order chi connectivity index (χ0) is 12.7. The van der Waals surface area contributed by atoms with Gasteiger partial charge in [-0.05, 0) is 38.8 Å². The molecule has 0 aliphatic heterocycles. The highest BCUT2D eigenvalue weighted by Gasteiger charge is 2.17. The van der Waals surface area contributed by atoms with Crippen LogP contribution < -0.4 is 5.73 Å². The molecule has 1 unspecified atom stereocenters. The zero-order valence-corrected chi connectivity index (χ0v) is 11.2. The maximum Gasteiger partial charge on any atom is 0.322 e. The van der Waals surface area contributed by atoms with E-state index in [-0.39, 0.29) is 5.97 Å². The maximum atomic E-state index is 11.1. The number of carbonyl (C=O) groups excluding carboxylic acids is 1. The van der Waals surface area contributed by atoms with Crippen LogP contribution in [0.15, 0.2) is 0 Å². The summed E-state index contributed by atoms with van der Waals surface area (Å²) >= 11 is 0. The number of methoxy groups -OCH3 is 1. The SMILES string of the molecule is COC(=O)C(N)CCN(C)CC1CCCCC1. The Kier molecular flexibility index (Phi) is 6.52. The van der Waals surface area contributed by atoms with E-state index in [4.69, 9.17) is 5.73 Å². The van der Waals surface area contributed by atoms with Crippen molar-refractivity contribution in [3.63, 3.8) is 0 Å². The molecule has 0 aromatic rings. The standard InChI is InChI=1S/C13H26N2O2/c1-15(9-8-12(14)13(16)17-2)10-11-6-4-3-5-7-11/h11-12H,3-10,14H2,1-2H3. The van der Waals surface area contributed by atoms with Crippen LogP contribution in [0.1, 0.15) is 38.5 Å². The second-order valence-corrected chi connectivity index (χ2v) is 5.18. The predicted molar refractivity (Wildman–Crippen MR) is 68.7 cm³/mol. The van der Waals surface area contributed by atoms with Crippen molar-refractivity contribution >= 4 is 5.97 Å². The quantitative estimate of drug-likeness (QED) is 0.715. The lowest BCUT2D eigenvalue weighted by molar-refractivity contribution is -0.142. The summed E-state index contributed by atoms with van der Waals surface area (Å²) in [6, 6.07) is -0.478. The van der Waals surface area contributed by atoms with E-state index in [1.165, 1.54) is 39.2 Å². The number of esters is 1. The lowest BCUT2D eigenvalue weighted by atomic mass is 9.89. The van der Waals surface area contributed by atoms with Gasteiger partial charge < -0.3 is 15.4 Å². The molecule has 1 aliphatic carbocycles. The molecule has 2 N–H and O–H groups in total. The van der Waals surface area contributed by atoms with Gasteiger partial charge in [-0.15, -0.1) is 0 Å². The van der Waals surface area contributed by atoms with Crippen molar-refractivity contribution < 1.29 is 9.53 Å². The van der Waals surface area contributed by atoms with Crippen molar-refractivity contribution in [2.75, 3.05) is 27.2 Å². The lowest BCUT2D eigenvalue weighted by Crippen LogP contribution is -2.36. The Bertz CT molecular complexity index is 227. The maximum absolute atomic E-state index is 11.1. The van der Waals surface area contributed by atoms with Gasteiger partial charge in [0.05, 0.1) is 7.11 Å². The van der Waals surface area contributed by atoms with Crippen LogP contribution in [0.25, 0.3) is 0 Å². The van der Waals surface area contributed by atoms with Gasteiger partial charge in [0.15, 0.2) is 0 Å². The molecule has 1 saturated carbocycles. The van der Waals surface area contributed by atoms with E-state index < -0.39 is 6.04 Å². The second kappa shape index (κ2) is 7.67. The number of carbonyl (C=O) groups is 1. The Balaban J connectivity index is 2.15. The Morgan fingerprint density at radius 1 is 1.41 bits per heavy atom. The molecular formula is C13H26N2O2. The Hall–Kier alpha value is -0.610. The van der Waals surface area contributed by atoms with Crippen molar-refractivity contribution in [1.82, 2.24) is 4.90 Å². The molecule has 0 spiro atoms. The third-order valence-corrected chi connectivity index (χ3v) is 3.62. The lowest BCUT2D eigenvalue weighted by Gasteiger charge is -2.27. The molecule has 0 saturated heterocycles. The number of hydrogen-bond donors (Lipinski definition) is 1. The minimum Gasteiger partial charge on any atom is -0.468 e. The summed E-state index contributed by atoms with van der Waals surface area (Å²) in [4.78, 5) is 13.4. The highest BCUT2D eigenvalue weighted by Crippen LogP contribution is 2.24. The van der Waals surface area contributed by atoms with Crippen molar-refractivity contribution in [3.8, 4) is 0 Å². The fourth-order valence-corrected chi connectivity index (χ4v) is 2.53. The Labute approximate surface area is 104 Å². The number of rotatable bonds is 6. The first-order chi connectivity index (χ1) is 8.13. The van der Waals surface area contributed by atoms with Crippen molar-refractivity contribution in [2.45, 2.75) is 44.6 Å². The molecule has 0 amide bonds. The molecule has 4 heteroatoms. The number of nitrogens with two attached hydrogens (primary N) is 1. The molecular weight excluding hydrogens is 216 g/mol. The smallest absolute Gasteiger partial charge is 0.322 e. The summed E-state index contributed by atoms with van der Waals surface area (Å²) < 4.78 is 4.61. The molecule has 1 fully saturated rings. The van der Waals surface area contributed by atoms with Gasteiger partial charge in [-0.2, -0.15) is 0 Å². The van der Waals surface area contributed by atoms with E-state index in [9.17, 15) is 4.79 Å². The Morgan fingerprint density at radius 2 is 2.06 bits per heavy atom. The molecule has 0 radical (unpaired) electrons. The van der Waals surface area contributed by atoms with Gasteiger partial charge in [-0.1, -0.05) is 19.3 Å². The van der Waals surface area contributed by atoms with Gasteiger partial charge >= 0.3 is 5.97 Å². The molecule has 1 rings (SSSR count). The molecule has 0 aromatic heterocycles. The molecule has 4 nitrogen and oxygen atoms in total. The molecule has 1 aliphatic rings. The summed E-state index contributed by atoms with van der Waals surface area (Å²) in [5, 5.41) is 0. The van der Waals surface area contributed by atoms with Crippen LogP contribution in [0.3, 0.4) is 0 Å². The monoisotopic (exact) mass is 242 g/mol. The molecule has 17 heavy (non-hydrogen) atoms. The van der Waals surface area contributed by atoms with E-state index >= 15 is 0 Å². The van der Waals surface area contributed by atoms with Crippen LogP contribution >= 0.6 is 0 Å². The van der Waals surface area contributed by atoms with Gasteiger partial charge in [-0.25, -0.2) is 0 Å². The average Bonchev–Trinajstić information content (AvgIpc) is 2.36. The largest absolute Gasteiger partial charge is 0.468 e. The van der Waals surface area contributed by atoms with Crippen LogP contribution in [0.4, 0.5) is 0 Å². The average molecular weight is 242 g/mol. The molecule has 1 atom stereocenters. The van der Waals surface area contributed by atoms with Crippen LogP contribution in [-0.4, -0.2) is 44.2 Å². The summed E-state index contributed by atoms with van der Waals surface area (Å²) in [6.07, 6.45) is 7.53. The van der Waals surface area contributed by atoms with Gasteiger partial charge in [-0.3, -0.25) is 4.79 Å². The van der Waals surface area contributed by atoms with Crippen LogP contribution in [-0.2, 0) is 9.53 Å². The van der Waals surface area contributed by atoms with Crippen molar-refractivity contribution in [2.24, 2.45) is 11.7 Å². The summed E-state index contributed by atoms with van der Waals surface area (Å²) in [5.74, 6) is 0.527. The van der Waals surface area contributed by atoms with E-state index in [0.29, 0.717) is 6.42 Å². The number of ether oxygens (including phenoxy) is 1. The minimum atomic E-state index is -0.478. The predicted octanol–water partition coefficient (Wildman–Crippen LogP) is 1.39. The highest BCUT2D eigenvalue weighted by molar-refractivity contribution is 5.75. The molecule has 0 bridgehead atoms. The van der Waals surface area contributed by atoms with Gasteiger partial charge in [0.25, 0.3) is 0 Å². The van der Waals surface area contributed by atoms with E-state index in [1.54, 1.807) is 0 Å². The summed E-state index contributed by atoms with van der Waals surface area (Å²) in [7, 11) is 3.49. The number of hydrogen-bond acceptors (Lipinski definition) is 4. The third kappa shape index (κ3) is 5.50. The normalized spacial score (nSPS) is 19.3. The first-order valence-corrected chi connectivity index (χ1v) is 6.65. The minimum absolute atomic E-state index is 0.309. The van der Waals surface area contributed by atoms with E-state index in [2.05, 4.69) is 16.7 Å². The van der Waals surface area contributed by atoms with Crippen LogP contribution in [0, 0.1) is 5.92 Å². The molecule has 0 aromatic carbocycles. The summed E-state index contributed by atoms with van der Waals surface area (Å²) in [6.45, 7) is 2.00. The van der Waals surface area contributed by atoms with E-state index in [0.717, 1.165) is 19.0 Å². The van der Waals surface area contributed by atoms with Gasteiger partial charge in [0, 0.05) is 6.54 Å². The topological polar surface area (TPSA) is 55.6 Å². The number of nitrogens with zero attached hydrogens (tertiary/aromatic N) is 1. The van der Waals surface area contributed by atoms with Crippen molar-refractivity contribution in [1.29, 1.82) is 0 Å². The first kappa shape index (κ1) is 14.5. The fourth-order valence-electron chi connectivity index (χ4n) is 2.53. The van der Waals surface area contributed by atoms with Gasteiger partial charge in [0.1, 0.15) is 6.04 Å². The third-order valence-electron chi connectivity index (χ3n) is 3.62. The highest BCUT2D eigenvalue weighted by atomic mass is 16.5. The zero-order valence-electron chi connectivity index (χ0n) is 11.2. The van der Waals surface area contributed by atoms with Crippen LogP contribution in [0.5, 0.6) is 0 Å².